The molecule has 0 bridgehead atoms. The first kappa shape index (κ1) is 25.5. The highest BCUT2D eigenvalue weighted by atomic mass is 16.4. The number of carbonyl (C=O) groups excluding carboxylic acids is 1. The summed E-state index contributed by atoms with van der Waals surface area (Å²) in [4.78, 5) is 23.0. The third-order valence-corrected chi connectivity index (χ3v) is 7.26. The summed E-state index contributed by atoms with van der Waals surface area (Å²) in [5.74, 6) is 1.03. The molecule has 0 saturated heterocycles. The van der Waals surface area contributed by atoms with E-state index in [2.05, 4.69) is 28.7 Å². The molecule has 3 N–H and O–H groups in total. The van der Waals surface area contributed by atoms with Crippen molar-refractivity contribution in [3.8, 4) is 11.3 Å². The minimum absolute atomic E-state index is 0.0929. The van der Waals surface area contributed by atoms with Crippen LogP contribution in [-0.4, -0.2) is 33.3 Å². The summed E-state index contributed by atoms with van der Waals surface area (Å²) in [7, 11) is 1.95. The highest BCUT2D eigenvalue weighted by Gasteiger charge is 2.29. The number of benzene rings is 1. The van der Waals surface area contributed by atoms with Crippen molar-refractivity contribution in [1.29, 1.82) is 0 Å². The summed E-state index contributed by atoms with van der Waals surface area (Å²) in [5, 5.41) is 19.7. The molecule has 1 aliphatic rings. The van der Waals surface area contributed by atoms with Gasteiger partial charge < -0.3 is 20.2 Å². The van der Waals surface area contributed by atoms with Gasteiger partial charge >= 0.3 is 5.97 Å². The fraction of sp³-hybridized carbons (Fsp3) is 0.464. The Kier molecular flexibility index (Phi) is 7.82. The van der Waals surface area contributed by atoms with Gasteiger partial charge in [-0.25, -0.2) is 0 Å². The van der Waals surface area contributed by atoms with E-state index in [-0.39, 0.29) is 24.9 Å². The number of furan rings is 1. The zero-order valence-electron chi connectivity index (χ0n) is 21.6. The van der Waals surface area contributed by atoms with Crippen molar-refractivity contribution in [2.24, 2.45) is 13.0 Å². The summed E-state index contributed by atoms with van der Waals surface area (Å²) >= 11 is 0. The molecule has 1 saturated carbocycles. The molecule has 36 heavy (non-hydrogen) atoms. The highest BCUT2D eigenvalue weighted by molar-refractivity contribution is 5.94. The normalized spacial score (nSPS) is 15.0. The van der Waals surface area contributed by atoms with Crippen molar-refractivity contribution >= 4 is 17.6 Å². The topological polar surface area (TPSA) is 109 Å². The van der Waals surface area contributed by atoms with Crippen LogP contribution in [0.2, 0.25) is 0 Å². The van der Waals surface area contributed by atoms with Crippen LogP contribution in [0.4, 0.5) is 5.69 Å². The second-order valence-electron chi connectivity index (χ2n) is 9.79. The molecule has 8 nitrogen and oxygen atoms in total. The third kappa shape index (κ3) is 5.64. The molecule has 3 aromatic rings. The van der Waals surface area contributed by atoms with E-state index in [9.17, 15) is 9.59 Å². The van der Waals surface area contributed by atoms with E-state index in [1.165, 1.54) is 19.3 Å². The Morgan fingerprint density at radius 2 is 1.83 bits per heavy atom. The van der Waals surface area contributed by atoms with Gasteiger partial charge in [-0.15, -0.1) is 0 Å². The molecule has 0 spiro atoms. The summed E-state index contributed by atoms with van der Waals surface area (Å²) in [6, 6.07) is 9.62. The van der Waals surface area contributed by atoms with Crippen LogP contribution in [0, 0.1) is 26.7 Å². The molecule has 2 aromatic heterocycles. The first-order chi connectivity index (χ1) is 17.2. The van der Waals surface area contributed by atoms with Gasteiger partial charge in [0.1, 0.15) is 11.5 Å². The maximum absolute atomic E-state index is 12.3. The van der Waals surface area contributed by atoms with Crippen LogP contribution in [0.15, 0.2) is 34.7 Å². The van der Waals surface area contributed by atoms with Gasteiger partial charge in [0.25, 0.3) is 5.91 Å². The van der Waals surface area contributed by atoms with E-state index in [1.807, 2.05) is 37.7 Å². The van der Waals surface area contributed by atoms with Crippen LogP contribution in [0.3, 0.4) is 0 Å². The molecule has 1 amide bonds. The Morgan fingerprint density at radius 1 is 1.14 bits per heavy atom. The maximum Gasteiger partial charge on any atom is 0.305 e. The average molecular weight is 493 g/mol. The standard InChI is InChI=1S/C28H36N4O4/c1-17-26(18(2)32(4)31-17)24-16-23(19(3)36-24)27(20-8-6-5-7-9-20)30-22-12-10-21(11-13-22)28(35)29-15-14-25(33)34/h10-13,16,20,27,30H,5-9,14-15H2,1-4H3,(H,29,35)(H,33,34). The number of nitrogens with one attached hydrogen (secondary N) is 2. The third-order valence-electron chi connectivity index (χ3n) is 7.26. The molecule has 1 aromatic carbocycles. The molecule has 1 aliphatic carbocycles. The molecule has 0 radical (unpaired) electrons. The lowest BCUT2D eigenvalue weighted by molar-refractivity contribution is -0.136. The number of rotatable bonds is 9. The number of amides is 1. The number of carbonyl (C=O) groups is 2. The summed E-state index contributed by atoms with van der Waals surface area (Å²) in [5.41, 5.74) is 5.68. The van der Waals surface area contributed by atoms with Gasteiger partial charge in [0.2, 0.25) is 0 Å². The lowest BCUT2D eigenvalue weighted by Gasteiger charge is -2.31. The zero-order valence-corrected chi connectivity index (χ0v) is 21.6. The number of aliphatic carboxylic acids is 1. The molecular formula is C28H36N4O4. The number of carboxylic acids is 1. The highest BCUT2D eigenvalue weighted by Crippen LogP contribution is 2.41. The van der Waals surface area contributed by atoms with Crippen LogP contribution in [0.1, 0.15) is 77.6 Å². The predicted molar refractivity (Wildman–Crippen MR) is 139 cm³/mol. The lowest BCUT2D eigenvalue weighted by atomic mass is 9.81. The van der Waals surface area contributed by atoms with Crippen molar-refractivity contribution in [2.45, 2.75) is 65.3 Å². The van der Waals surface area contributed by atoms with Gasteiger partial charge in [-0.1, -0.05) is 19.3 Å². The molecular weight excluding hydrogens is 456 g/mol. The number of aryl methyl sites for hydroxylation is 3. The Hall–Kier alpha value is -3.55. The number of hydrogen-bond acceptors (Lipinski definition) is 5. The molecule has 1 unspecified atom stereocenters. The van der Waals surface area contributed by atoms with E-state index in [1.54, 1.807) is 12.1 Å². The van der Waals surface area contributed by atoms with Crippen molar-refractivity contribution in [2.75, 3.05) is 11.9 Å². The minimum atomic E-state index is -0.935. The number of carboxylic acid groups (broad SMARTS) is 1. The number of nitrogens with zero attached hydrogens (tertiary/aromatic N) is 2. The zero-order chi connectivity index (χ0) is 25.8. The Bertz CT molecular complexity index is 1220. The Labute approximate surface area is 212 Å². The summed E-state index contributed by atoms with van der Waals surface area (Å²) < 4.78 is 8.19. The first-order valence-corrected chi connectivity index (χ1v) is 12.7. The van der Waals surface area contributed by atoms with Crippen LogP contribution in [0.25, 0.3) is 11.3 Å². The van der Waals surface area contributed by atoms with Crippen LogP contribution >= 0.6 is 0 Å². The second-order valence-corrected chi connectivity index (χ2v) is 9.79. The van der Waals surface area contributed by atoms with E-state index in [0.717, 1.165) is 52.6 Å². The van der Waals surface area contributed by atoms with Crippen LogP contribution in [0.5, 0.6) is 0 Å². The Balaban J connectivity index is 1.57. The number of aromatic nitrogens is 2. The van der Waals surface area contributed by atoms with Crippen molar-refractivity contribution in [1.82, 2.24) is 15.1 Å². The summed E-state index contributed by atoms with van der Waals surface area (Å²) in [6.07, 6.45) is 5.95. The SMILES string of the molecule is Cc1nn(C)c(C)c1-c1cc(C(Nc2ccc(C(=O)NCCC(=O)O)cc2)C2CCCCC2)c(C)o1. The van der Waals surface area contributed by atoms with Gasteiger partial charge in [0, 0.05) is 36.1 Å². The predicted octanol–water partition coefficient (Wildman–Crippen LogP) is 5.54. The Morgan fingerprint density at radius 3 is 2.44 bits per heavy atom. The van der Waals surface area contributed by atoms with Crippen LogP contribution < -0.4 is 10.6 Å². The molecule has 1 fully saturated rings. The van der Waals surface area contributed by atoms with Crippen molar-refractivity contribution in [3.05, 3.63) is 58.6 Å². The van der Waals surface area contributed by atoms with Crippen LogP contribution in [-0.2, 0) is 11.8 Å². The quantitative estimate of drug-likeness (QED) is 0.362. The van der Waals surface area contributed by atoms with E-state index in [0.29, 0.717) is 11.5 Å². The molecule has 8 heteroatoms. The van der Waals surface area contributed by atoms with Gasteiger partial charge in [-0.3, -0.25) is 14.3 Å². The molecule has 2 heterocycles. The fourth-order valence-electron chi connectivity index (χ4n) is 5.26. The smallest absolute Gasteiger partial charge is 0.305 e. The largest absolute Gasteiger partial charge is 0.481 e. The van der Waals surface area contributed by atoms with Gasteiger partial charge in [-0.2, -0.15) is 5.10 Å². The number of anilines is 1. The number of hydrogen-bond donors (Lipinski definition) is 3. The van der Waals surface area contributed by atoms with Crippen molar-refractivity contribution < 1.29 is 19.1 Å². The fourth-order valence-corrected chi connectivity index (χ4v) is 5.26. The first-order valence-electron chi connectivity index (χ1n) is 12.7. The maximum atomic E-state index is 12.3. The van der Waals surface area contributed by atoms with Crippen molar-refractivity contribution in [3.63, 3.8) is 0 Å². The van der Waals surface area contributed by atoms with Gasteiger partial charge in [-0.05, 0) is 69.9 Å². The lowest BCUT2D eigenvalue weighted by Crippen LogP contribution is -2.26. The average Bonchev–Trinajstić information content (AvgIpc) is 3.35. The monoisotopic (exact) mass is 492 g/mol. The van der Waals surface area contributed by atoms with Gasteiger partial charge in [0.15, 0.2) is 0 Å². The van der Waals surface area contributed by atoms with Gasteiger partial charge in [0.05, 0.1) is 23.7 Å². The second kappa shape index (κ2) is 11.0. The minimum Gasteiger partial charge on any atom is -0.481 e. The molecule has 1 atom stereocenters. The summed E-state index contributed by atoms with van der Waals surface area (Å²) in [6.45, 7) is 6.21. The van der Waals surface area contributed by atoms with E-state index >= 15 is 0 Å². The van der Waals surface area contributed by atoms with E-state index in [4.69, 9.17) is 9.52 Å². The molecule has 0 aliphatic heterocycles. The molecule has 192 valence electrons. The molecule has 4 rings (SSSR count). The van der Waals surface area contributed by atoms with E-state index < -0.39 is 5.97 Å².